The number of Topliss-reactive ketones (excluding diaryl/α,β-unsaturated/α-hetero) is 1. The SMILES string of the molecule is CC(C(=O)CC1C2CC3CC(C2)CC1C3)c1cc(O)cc(O)c1-c1ccccc1O. The molecule has 4 heteroatoms. The molecule has 0 aromatic heterocycles. The Kier molecular flexibility index (Phi) is 4.76. The van der Waals surface area contributed by atoms with Crippen LogP contribution in [0.25, 0.3) is 11.1 Å². The molecule has 158 valence electrons. The van der Waals surface area contributed by atoms with Gasteiger partial charge in [-0.2, -0.15) is 0 Å². The number of para-hydroxylation sites is 1. The molecule has 6 rings (SSSR count). The van der Waals surface area contributed by atoms with Gasteiger partial charge in [-0.15, -0.1) is 0 Å². The number of phenolic OH excluding ortho intramolecular Hbond substituents is 3. The molecule has 0 aliphatic heterocycles. The smallest absolute Gasteiger partial charge is 0.140 e. The molecule has 1 unspecified atom stereocenters. The summed E-state index contributed by atoms with van der Waals surface area (Å²) in [6.45, 7) is 1.86. The zero-order chi connectivity index (χ0) is 21.0. The van der Waals surface area contributed by atoms with E-state index in [0.29, 0.717) is 40.9 Å². The molecule has 0 amide bonds. The zero-order valence-electron chi connectivity index (χ0n) is 17.4. The Morgan fingerprint density at radius 3 is 2.20 bits per heavy atom. The van der Waals surface area contributed by atoms with Gasteiger partial charge in [0, 0.05) is 29.5 Å². The van der Waals surface area contributed by atoms with Crippen molar-refractivity contribution in [2.45, 2.75) is 51.4 Å². The number of hydrogen-bond acceptors (Lipinski definition) is 4. The maximum atomic E-state index is 13.4. The number of carbonyl (C=O) groups excluding carboxylic acids is 1. The number of phenols is 3. The molecule has 4 saturated carbocycles. The lowest BCUT2D eigenvalue weighted by Crippen LogP contribution is -2.45. The molecule has 4 aliphatic rings. The van der Waals surface area contributed by atoms with Crippen LogP contribution in [0.4, 0.5) is 0 Å². The van der Waals surface area contributed by atoms with E-state index in [4.69, 9.17) is 0 Å². The van der Waals surface area contributed by atoms with E-state index in [2.05, 4.69) is 0 Å². The molecule has 4 aliphatic carbocycles. The van der Waals surface area contributed by atoms with Crippen molar-refractivity contribution in [1.82, 2.24) is 0 Å². The lowest BCUT2D eigenvalue weighted by molar-refractivity contribution is -0.125. The molecule has 0 spiro atoms. The van der Waals surface area contributed by atoms with Crippen LogP contribution in [0, 0.1) is 29.6 Å². The summed E-state index contributed by atoms with van der Waals surface area (Å²) < 4.78 is 0. The summed E-state index contributed by atoms with van der Waals surface area (Å²) in [5.74, 6) is 3.16. The summed E-state index contributed by atoms with van der Waals surface area (Å²) >= 11 is 0. The second kappa shape index (κ2) is 7.33. The van der Waals surface area contributed by atoms with Crippen LogP contribution in [-0.4, -0.2) is 21.1 Å². The van der Waals surface area contributed by atoms with Gasteiger partial charge in [-0.3, -0.25) is 4.79 Å². The summed E-state index contributed by atoms with van der Waals surface area (Å²) in [7, 11) is 0. The van der Waals surface area contributed by atoms with Gasteiger partial charge in [0.25, 0.3) is 0 Å². The van der Waals surface area contributed by atoms with Gasteiger partial charge in [0.2, 0.25) is 0 Å². The molecule has 4 nitrogen and oxygen atoms in total. The lowest BCUT2D eigenvalue weighted by Gasteiger charge is -2.54. The molecule has 30 heavy (non-hydrogen) atoms. The first-order chi connectivity index (χ1) is 14.4. The number of ketones is 1. The summed E-state index contributed by atoms with van der Waals surface area (Å²) in [5.41, 5.74) is 1.47. The first-order valence-electron chi connectivity index (χ1n) is 11.3. The molecular weight excluding hydrogens is 376 g/mol. The number of rotatable bonds is 5. The van der Waals surface area contributed by atoms with Gasteiger partial charge in [0.05, 0.1) is 0 Å². The molecule has 0 heterocycles. The van der Waals surface area contributed by atoms with Crippen LogP contribution in [0.5, 0.6) is 17.2 Å². The Morgan fingerprint density at radius 1 is 0.933 bits per heavy atom. The second-order valence-corrected chi connectivity index (χ2v) is 9.93. The van der Waals surface area contributed by atoms with E-state index < -0.39 is 5.92 Å². The van der Waals surface area contributed by atoms with Crippen molar-refractivity contribution in [3.05, 3.63) is 42.0 Å². The minimum atomic E-state index is -0.463. The van der Waals surface area contributed by atoms with Gasteiger partial charge in [-0.1, -0.05) is 25.1 Å². The zero-order valence-corrected chi connectivity index (χ0v) is 17.4. The molecule has 0 saturated heterocycles. The molecule has 1 atom stereocenters. The molecular formula is C26H30O4. The maximum Gasteiger partial charge on any atom is 0.140 e. The standard InChI is InChI=1S/C26H30O4/c1-14(24(29)13-22-17-7-15-6-16(9-17)10-18(22)8-15)21-11-19(27)12-25(30)26(21)20-4-2-3-5-23(20)28/h2-5,11-12,14-18,22,27-28,30H,6-10,13H2,1H3. The second-order valence-electron chi connectivity index (χ2n) is 9.93. The van der Waals surface area contributed by atoms with Gasteiger partial charge in [-0.25, -0.2) is 0 Å². The molecule has 4 fully saturated rings. The minimum Gasteiger partial charge on any atom is -0.508 e. The Bertz CT molecular complexity index is 951. The van der Waals surface area contributed by atoms with Crippen molar-refractivity contribution in [3.8, 4) is 28.4 Å². The highest BCUT2D eigenvalue weighted by atomic mass is 16.3. The van der Waals surface area contributed by atoms with E-state index in [1.54, 1.807) is 30.3 Å². The highest BCUT2D eigenvalue weighted by Crippen LogP contribution is 2.57. The molecule has 2 aromatic rings. The fourth-order valence-electron chi connectivity index (χ4n) is 6.91. The van der Waals surface area contributed by atoms with Crippen molar-refractivity contribution in [3.63, 3.8) is 0 Å². The van der Waals surface area contributed by atoms with Crippen molar-refractivity contribution < 1.29 is 20.1 Å². The predicted molar refractivity (Wildman–Crippen MR) is 115 cm³/mol. The Morgan fingerprint density at radius 2 is 1.57 bits per heavy atom. The van der Waals surface area contributed by atoms with E-state index in [-0.39, 0.29) is 23.0 Å². The molecule has 4 bridgehead atoms. The summed E-state index contributed by atoms with van der Waals surface area (Å²) in [4.78, 5) is 13.4. The van der Waals surface area contributed by atoms with Crippen molar-refractivity contribution in [2.75, 3.05) is 0 Å². The average molecular weight is 407 g/mol. The van der Waals surface area contributed by atoms with Crippen LogP contribution in [0.15, 0.2) is 36.4 Å². The summed E-state index contributed by atoms with van der Waals surface area (Å²) in [6.07, 6.45) is 7.12. The first-order valence-corrected chi connectivity index (χ1v) is 11.3. The lowest BCUT2D eigenvalue weighted by atomic mass is 9.51. The topological polar surface area (TPSA) is 77.8 Å². The van der Waals surface area contributed by atoms with E-state index in [1.165, 1.54) is 38.2 Å². The van der Waals surface area contributed by atoms with Crippen molar-refractivity contribution >= 4 is 5.78 Å². The predicted octanol–water partition coefficient (Wildman–Crippen LogP) is 5.61. The van der Waals surface area contributed by atoms with Gasteiger partial charge >= 0.3 is 0 Å². The molecule has 3 N–H and O–H groups in total. The number of aromatic hydroxyl groups is 3. The molecule has 2 aromatic carbocycles. The van der Waals surface area contributed by atoms with Gasteiger partial charge in [0.1, 0.15) is 23.0 Å². The number of carbonyl (C=O) groups is 1. The summed E-state index contributed by atoms with van der Waals surface area (Å²) in [5, 5.41) is 31.0. The van der Waals surface area contributed by atoms with Gasteiger partial charge in [-0.05, 0) is 79.4 Å². The highest BCUT2D eigenvalue weighted by molar-refractivity contribution is 5.90. The number of benzene rings is 2. The Labute approximate surface area is 177 Å². The minimum absolute atomic E-state index is 0.0421. The van der Waals surface area contributed by atoms with Crippen molar-refractivity contribution in [2.24, 2.45) is 29.6 Å². The fourth-order valence-corrected chi connectivity index (χ4v) is 6.91. The summed E-state index contributed by atoms with van der Waals surface area (Å²) in [6, 6.07) is 9.61. The van der Waals surface area contributed by atoms with Gasteiger partial charge < -0.3 is 15.3 Å². The average Bonchev–Trinajstić information content (AvgIpc) is 2.70. The monoisotopic (exact) mass is 406 g/mol. The highest BCUT2D eigenvalue weighted by Gasteiger charge is 2.48. The third kappa shape index (κ3) is 3.27. The van der Waals surface area contributed by atoms with Crippen LogP contribution < -0.4 is 0 Å². The van der Waals surface area contributed by atoms with Crippen molar-refractivity contribution in [1.29, 1.82) is 0 Å². The first kappa shape index (κ1) is 19.5. The van der Waals surface area contributed by atoms with Crippen LogP contribution >= 0.6 is 0 Å². The normalized spacial score (nSPS) is 30.4. The quantitative estimate of drug-likeness (QED) is 0.603. The Balaban J connectivity index is 1.44. The third-order valence-electron chi connectivity index (χ3n) is 8.11. The van der Waals surface area contributed by atoms with E-state index in [9.17, 15) is 20.1 Å². The van der Waals surface area contributed by atoms with Crippen LogP contribution in [0.1, 0.15) is 56.9 Å². The largest absolute Gasteiger partial charge is 0.508 e. The molecule has 0 radical (unpaired) electrons. The number of hydrogen-bond donors (Lipinski definition) is 3. The van der Waals surface area contributed by atoms with E-state index in [1.807, 2.05) is 6.92 Å². The van der Waals surface area contributed by atoms with E-state index >= 15 is 0 Å². The fraction of sp³-hybridized carbons (Fsp3) is 0.500. The third-order valence-corrected chi connectivity index (χ3v) is 8.11. The van der Waals surface area contributed by atoms with Crippen LogP contribution in [0.2, 0.25) is 0 Å². The Hall–Kier alpha value is -2.49. The van der Waals surface area contributed by atoms with E-state index in [0.717, 1.165) is 11.8 Å². The maximum absolute atomic E-state index is 13.4. The van der Waals surface area contributed by atoms with Crippen LogP contribution in [0.3, 0.4) is 0 Å². The van der Waals surface area contributed by atoms with Crippen LogP contribution in [-0.2, 0) is 4.79 Å². The van der Waals surface area contributed by atoms with Gasteiger partial charge in [0.15, 0.2) is 0 Å².